The summed E-state index contributed by atoms with van der Waals surface area (Å²) >= 11 is 0. The van der Waals surface area contributed by atoms with Crippen LogP contribution in [0.3, 0.4) is 0 Å². The zero-order valence-electron chi connectivity index (χ0n) is 15.3. The average molecular weight is 394 g/mol. The summed E-state index contributed by atoms with van der Waals surface area (Å²) in [5, 5.41) is 8.76. The van der Waals surface area contributed by atoms with Crippen LogP contribution in [0.4, 0.5) is 0 Å². The van der Waals surface area contributed by atoms with Crippen LogP contribution >= 0.6 is 0 Å². The smallest absolute Gasteiger partial charge is 0.347 e. The van der Waals surface area contributed by atoms with Gasteiger partial charge in [0.2, 0.25) is 0 Å². The van der Waals surface area contributed by atoms with Gasteiger partial charge in [-0.05, 0) is 44.5 Å². The lowest BCUT2D eigenvalue weighted by molar-refractivity contribution is -0.158. The van der Waals surface area contributed by atoms with Gasteiger partial charge in [0.25, 0.3) is 5.91 Å². The van der Waals surface area contributed by atoms with Crippen molar-refractivity contribution in [1.82, 2.24) is 4.90 Å². The Morgan fingerprint density at radius 1 is 1.33 bits per heavy atom. The summed E-state index contributed by atoms with van der Waals surface area (Å²) < 4.78 is 33.6. The number of carbonyl (C=O) groups excluding carboxylic acids is 2. The third-order valence-corrected chi connectivity index (χ3v) is 6.03. The molecule has 0 N–H and O–H groups in total. The van der Waals surface area contributed by atoms with Crippen molar-refractivity contribution >= 4 is 21.7 Å². The minimum absolute atomic E-state index is 0.0568. The van der Waals surface area contributed by atoms with Crippen molar-refractivity contribution in [3.05, 3.63) is 29.8 Å². The summed E-state index contributed by atoms with van der Waals surface area (Å²) in [5.41, 5.74) is 0.469. The van der Waals surface area contributed by atoms with Crippen LogP contribution in [0.5, 0.6) is 5.75 Å². The summed E-state index contributed by atoms with van der Waals surface area (Å²) in [6.07, 6.45) is -0.540. The van der Waals surface area contributed by atoms with Crippen LogP contribution < -0.4 is 4.74 Å². The maximum absolute atomic E-state index is 12.3. The summed E-state index contributed by atoms with van der Waals surface area (Å²) in [6, 6.07) is 7.85. The second-order valence-electron chi connectivity index (χ2n) is 6.24. The van der Waals surface area contributed by atoms with E-state index in [4.69, 9.17) is 14.7 Å². The van der Waals surface area contributed by atoms with Crippen LogP contribution in [0.15, 0.2) is 24.3 Å². The molecule has 0 bridgehead atoms. The standard InChI is InChI=1S/C18H22N2O6S/c1-3-20(15-8-9-27(23,24)12-15)17(21)11-25-18(22)13(2)26-16-6-4-14(10-19)5-7-16/h4-7,13,15H,3,8-9,11-12H2,1-2H3/t13-,15+/m1/s1. The third kappa shape index (κ3) is 5.69. The van der Waals surface area contributed by atoms with Gasteiger partial charge in [0.05, 0.1) is 23.1 Å². The molecule has 1 fully saturated rings. The molecular formula is C18H22N2O6S. The fourth-order valence-electron chi connectivity index (χ4n) is 2.85. The van der Waals surface area contributed by atoms with Crippen molar-refractivity contribution in [2.75, 3.05) is 24.7 Å². The van der Waals surface area contributed by atoms with E-state index >= 15 is 0 Å². The lowest BCUT2D eigenvalue weighted by Gasteiger charge is -2.26. The van der Waals surface area contributed by atoms with E-state index in [2.05, 4.69) is 0 Å². The number of esters is 1. The van der Waals surface area contributed by atoms with E-state index in [1.54, 1.807) is 31.2 Å². The predicted molar refractivity (Wildman–Crippen MR) is 96.7 cm³/mol. The van der Waals surface area contributed by atoms with Gasteiger partial charge in [-0.1, -0.05) is 0 Å². The topological polar surface area (TPSA) is 114 Å². The van der Waals surface area contributed by atoms with Gasteiger partial charge in [-0.3, -0.25) is 4.79 Å². The Morgan fingerprint density at radius 2 is 2.00 bits per heavy atom. The van der Waals surface area contributed by atoms with Gasteiger partial charge in [-0.15, -0.1) is 0 Å². The monoisotopic (exact) mass is 394 g/mol. The van der Waals surface area contributed by atoms with Crippen LogP contribution in [-0.2, 0) is 24.2 Å². The third-order valence-electron chi connectivity index (χ3n) is 4.28. The van der Waals surface area contributed by atoms with Gasteiger partial charge < -0.3 is 14.4 Å². The van der Waals surface area contributed by atoms with Gasteiger partial charge in [0.1, 0.15) is 5.75 Å². The Bertz CT molecular complexity index is 828. The van der Waals surface area contributed by atoms with Crippen molar-refractivity contribution in [2.45, 2.75) is 32.4 Å². The summed E-state index contributed by atoms with van der Waals surface area (Å²) in [4.78, 5) is 25.8. The molecule has 0 aromatic heterocycles. The molecule has 2 atom stereocenters. The highest BCUT2D eigenvalue weighted by molar-refractivity contribution is 7.91. The van der Waals surface area contributed by atoms with E-state index in [1.165, 1.54) is 11.8 Å². The first-order valence-corrected chi connectivity index (χ1v) is 10.4. The molecule has 1 amide bonds. The van der Waals surface area contributed by atoms with Gasteiger partial charge in [-0.25, -0.2) is 13.2 Å². The number of carbonyl (C=O) groups is 2. The van der Waals surface area contributed by atoms with E-state index in [1.807, 2.05) is 6.07 Å². The van der Waals surface area contributed by atoms with E-state index in [9.17, 15) is 18.0 Å². The molecule has 1 saturated heterocycles. The van der Waals surface area contributed by atoms with Crippen molar-refractivity contribution in [3.8, 4) is 11.8 Å². The van der Waals surface area contributed by atoms with E-state index in [0.717, 1.165) is 0 Å². The molecule has 1 aliphatic heterocycles. The normalized spacial score (nSPS) is 18.9. The summed E-state index contributed by atoms with van der Waals surface area (Å²) in [5.74, 6) is -0.729. The number of likely N-dealkylation sites (N-methyl/N-ethyl adjacent to an activating group) is 1. The highest BCUT2D eigenvalue weighted by Crippen LogP contribution is 2.18. The molecule has 1 aliphatic rings. The fourth-order valence-corrected chi connectivity index (χ4v) is 4.58. The second-order valence-corrected chi connectivity index (χ2v) is 8.47. The molecule has 2 rings (SSSR count). The van der Waals surface area contributed by atoms with Crippen molar-refractivity contribution in [2.24, 2.45) is 0 Å². The van der Waals surface area contributed by atoms with Gasteiger partial charge in [0, 0.05) is 12.6 Å². The largest absolute Gasteiger partial charge is 0.479 e. The first-order valence-electron chi connectivity index (χ1n) is 8.59. The van der Waals surface area contributed by atoms with Crippen LogP contribution in [0.1, 0.15) is 25.8 Å². The molecule has 1 aromatic rings. The Kier molecular flexibility index (Phi) is 6.80. The van der Waals surface area contributed by atoms with E-state index in [-0.39, 0.29) is 17.5 Å². The zero-order chi connectivity index (χ0) is 20.0. The molecule has 0 saturated carbocycles. The lowest BCUT2D eigenvalue weighted by Crippen LogP contribution is -2.43. The number of benzene rings is 1. The molecule has 0 unspecified atom stereocenters. The summed E-state index contributed by atoms with van der Waals surface area (Å²) in [6.45, 7) is 3.12. The van der Waals surface area contributed by atoms with E-state index < -0.39 is 34.4 Å². The molecule has 1 heterocycles. The molecule has 146 valence electrons. The number of hydrogen-bond acceptors (Lipinski definition) is 7. The van der Waals surface area contributed by atoms with Crippen LogP contribution in [0.25, 0.3) is 0 Å². The van der Waals surface area contributed by atoms with Gasteiger partial charge in [0.15, 0.2) is 22.5 Å². The first-order chi connectivity index (χ1) is 12.8. The Morgan fingerprint density at radius 3 is 2.52 bits per heavy atom. The fraction of sp³-hybridized carbons (Fsp3) is 0.500. The molecular weight excluding hydrogens is 372 g/mol. The van der Waals surface area contributed by atoms with E-state index in [0.29, 0.717) is 24.3 Å². The Balaban J connectivity index is 1.85. The first kappa shape index (κ1) is 20.7. The van der Waals surface area contributed by atoms with Gasteiger partial charge >= 0.3 is 5.97 Å². The zero-order valence-corrected chi connectivity index (χ0v) is 16.1. The van der Waals surface area contributed by atoms with Gasteiger partial charge in [-0.2, -0.15) is 5.26 Å². The lowest BCUT2D eigenvalue weighted by atomic mass is 10.2. The number of nitriles is 1. The molecule has 27 heavy (non-hydrogen) atoms. The molecule has 0 radical (unpaired) electrons. The number of amides is 1. The molecule has 0 spiro atoms. The maximum Gasteiger partial charge on any atom is 0.347 e. The average Bonchev–Trinajstić information content (AvgIpc) is 3.00. The number of rotatable bonds is 7. The molecule has 9 heteroatoms. The van der Waals surface area contributed by atoms with Crippen LogP contribution in [0.2, 0.25) is 0 Å². The SMILES string of the molecule is CCN(C(=O)COC(=O)[C@@H](C)Oc1ccc(C#N)cc1)[C@H]1CCS(=O)(=O)C1. The highest BCUT2D eigenvalue weighted by Gasteiger charge is 2.34. The molecule has 0 aliphatic carbocycles. The van der Waals surface area contributed by atoms with Crippen molar-refractivity contribution < 1.29 is 27.5 Å². The van der Waals surface area contributed by atoms with Crippen LogP contribution in [0, 0.1) is 11.3 Å². The van der Waals surface area contributed by atoms with Crippen LogP contribution in [-0.4, -0.2) is 62.0 Å². The highest BCUT2D eigenvalue weighted by atomic mass is 32.2. The molecule has 1 aromatic carbocycles. The Labute approximate surface area is 158 Å². The molecule has 8 nitrogen and oxygen atoms in total. The number of ether oxygens (including phenoxy) is 2. The number of hydrogen-bond donors (Lipinski definition) is 0. The number of nitrogens with zero attached hydrogens (tertiary/aromatic N) is 2. The Hall–Kier alpha value is -2.60. The minimum Gasteiger partial charge on any atom is -0.479 e. The summed E-state index contributed by atoms with van der Waals surface area (Å²) in [7, 11) is -3.11. The maximum atomic E-state index is 12.3. The van der Waals surface area contributed by atoms with Crippen molar-refractivity contribution in [1.29, 1.82) is 5.26 Å². The quantitative estimate of drug-likeness (QED) is 0.631. The number of sulfone groups is 1. The predicted octanol–water partition coefficient (Wildman–Crippen LogP) is 0.904. The van der Waals surface area contributed by atoms with Crippen molar-refractivity contribution in [3.63, 3.8) is 0 Å². The second kappa shape index (κ2) is 8.86. The minimum atomic E-state index is -3.11.